The fourth-order valence-electron chi connectivity index (χ4n) is 4.62. The largest absolute Gasteiger partial charge is 0.492 e. The van der Waals surface area contributed by atoms with Crippen LogP contribution in [0.25, 0.3) is 4.96 Å². The summed E-state index contributed by atoms with van der Waals surface area (Å²) < 4.78 is 13.4. The third kappa shape index (κ3) is 3.75. The molecule has 8 heteroatoms. The van der Waals surface area contributed by atoms with Crippen molar-refractivity contribution >= 4 is 16.3 Å². The lowest BCUT2D eigenvalue weighted by molar-refractivity contribution is -0.187. The summed E-state index contributed by atoms with van der Waals surface area (Å²) in [5, 5.41) is 15.6. The van der Waals surface area contributed by atoms with Crippen molar-refractivity contribution in [2.45, 2.75) is 57.8 Å². The van der Waals surface area contributed by atoms with Crippen molar-refractivity contribution in [3.63, 3.8) is 0 Å². The topological polar surface area (TPSA) is 72.1 Å². The first-order chi connectivity index (χ1) is 15.0. The minimum atomic E-state index is -0.424. The molecule has 0 aliphatic carbocycles. The van der Waals surface area contributed by atoms with Crippen molar-refractivity contribution in [2.24, 2.45) is 0 Å². The molecule has 2 aliphatic rings. The smallest absolute Gasteiger partial charge is 0.230 e. The highest BCUT2D eigenvalue weighted by Gasteiger charge is 2.42. The number of rotatable bonds is 5. The number of benzene rings is 1. The molecular weight excluding hydrogens is 412 g/mol. The minimum Gasteiger partial charge on any atom is -0.492 e. The van der Waals surface area contributed by atoms with Crippen molar-refractivity contribution < 1.29 is 14.6 Å². The fraction of sp³-hybridized carbons (Fsp3) is 0.565. The Hall–Kier alpha value is -2.00. The van der Waals surface area contributed by atoms with Gasteiger partial charge in [0.05, 0.1) is 24.1 Å². The summed E-state index contributed by atoms with van der Waals surface area (Å²) in [5.41, 5.74) is 2.48. The van der Waals surface area contributed by atoms with Crippen LogP contribution in [0.5, 0.6) is 5.88 Å². The molecule has 0 unspecified atom stereocenters. The zero-order chi connectivity index (χ0) is 21.6. The van der Waals surface area contributed by atoms with Crippen molar-refractivity contribution in [1.82, 2.24) is 19.5 Å². The molecule has 5 rings (SSSR count). The van der Waals surface area contributed by atoms with Crippen LogP contribution in [0.15, 0.2) is 24.3 Å². The monoisotopic (exact) mass is 442 g/mol. The van der Waals surface area contributed by atoms with Crippen molar-refractivity contribution in [1.29, 1.82) is 0 Å². The highest BCUT2D eigenvalue weighted by atomic mass is 32.1. The first kappa shape index (κ1) is 20.9. The number of nitrogens with zero attached hydrogens (tertiary/aromatic N) is 4. The number of piperidine rings is 1. The minimum absolute atomic E-state index is 0.0569. The van der Waals surface area contributed by atoms with E-state index >= 15 is 0 Å². The van der Waals surface area contributed by atoms with Gasteiger partial charge < -0.3 is 14.6 Å². The maximum atomic E-state index is 11.1. The number of likely N-dealkylation sites (tertiary alicyclic amines) is 1. The molecule has 1 atom stereocenters. The number of fused-ring (bicyclic) bond motifs is 1. The SMILES string of the molecule is CCc1nc2sc([C@@H](c3ccc(C(C)C)cc3)N3CCC4(CC3)OCCO4)c(O)n2n1. The summed E-state index contributed by atoms with van der Waals surface area (Å²) in [4.78, 5) is 8.63. The molecule has 1 N–H and O–H groups in total. The van der Waals surface area contributed by atoms with Crippen LogP contribution in [-0.4, -0.2) is 56.7 Å². The molecular formula is C23H30N4O3S. The molecule has 2 aromatic heterocycles. The van der Waals surface area contributed by atoms with E-state index in [0.29, 0.717) is 19.1 Å². The lowest BCUT2D eigenvalue weighted by Gasteiger charge is -2.41. The van der Waals surface area contributed by atoms with Crippen molar-refractivity contribution in [3.8, 4) is 5.88 Å². The van der Waals surface area contributed by atoms with Crippen LogP contribution < -0.4 is 0 Å². The number of aromatic hydroxyl groups is 1. The molecule has 0 bridgehead atoms. The zero-order valence-corrected chi connectivity index (χ0v) is 19.2. The molecule has 2 fully saturated rings. The zero-order valence-electron chi connectivity index (χ0n) is 18.4. The molecule has 31 heavy (non-hydrogen) atoms. The number of hydrogen-bond donors (Lipinski definition) is 1. The summed E-state index contributed by atoms with van der Waals surface area (Å²) in [6, 6.07) is 8.73. The van der Waals surface area contributed by atoms with E-state index in [1.165, 1.54) is 22.5 Å². The lowest BCUT2D eigenvalue weighted by Crippen LogP contribution is -2.46. The van der Waals surface area contributed by atoms with Crippen LogP contribution in [0.3, 0.4) is 0 Å². The lowest BCUT2D eigenvalue weighted by atomic mass is 9.95. The Bertz CT molecular complexity index is 1040. The van der Waals surface area contributed by atoms with Gasteiger partial charge in [-0.3, -0.25) is 4.90 Å². The third-order valence-electron chi connectivity index (χ3n) is 6.47. The number of ether oxygens (including phenoxy) is 2. The molecule has 7 nitrogen and oxygen atoms in total. The summed E-state index contributed by atoms with van der Waals surface area (Å²) >= 11 is 1.53. The van der Waals surface area contributed by atoms with E-state index in [4.69, 9.17) is 9.47 Å². The Morgan fingerprint density at radius 3 is 2.32 bits per heavy atom. The van der Waals surface area contributed by atoms with Crippen LogP contribution >= 0.6 is 11.3 Å². The van der Waals surface area contributed by atoms with E-state index < -0.39 is 5.79 Å². The predicted molar refractivity (Wildman–Crippen MR) is 120 cm³/mol. The number of thiazole rings is 1. The van der Waals surface area contributed by atoms with E-state index in [1.807, 2.05) is 6.92 Å². The quantitative estimate of drug-likeness (QED) is 0.641. The van der Waals surface area contributed by atoms with Gasteiger partial charge >= 0.3 is 0 Å². The molecule has 0 saturated carbocycles. The van der Waals surface area contributed by atoms with E-state index in [9.17, 15) is 5.11 Å². The fourth-order valence-corrected chi connectivity index (χ4v) is 5.75. The standard InChI is InChI=1S/C23H30N4O3S/c1-4-18-24-22-27(25-18)21(28)20(31-22)19(17-7-5-16(6-8-17)15(2)3)26-11-9-23(10-12-26)29-13-14-30-23/h5-8,15,19,28H,4,9-14H2,1-3H3/t19-/m1/s1. The first-order valence-corrected chi connectivity index (χ1v) is 12.0. The van der Waals surface area contributed by atoms with Gasteiger partial charge in [-0.05, 0) is 17.0 Å². The van der Waals surface area contributed by atoms with Crippen LogP contribution in [-0.2, 0) is 15.9 Å². The van der Waals surface area contributed by atoms with Crippen molar-refractivity contribution in [2.75, 3.05) is 26.3 Å². The second kappa shape index (κ2) is 8.16. The second-order valence-corrected chi connectivity index (χ2v) is 9.74. The number of hydrogen-bond acceptors (Lipinski definition) is 7. The maximum Gasteiger partial charge on any atom is 0.230 e. The molecule has 2 aliphatic heterocycles. The molecule has 0 amide bonds. The Kier molecular flexibility index (Phi) is 5.50. The van der Waals surface area contributed by atoms with Crippen molar-refractivity contribution in [3.05, 3.63) is 46.1 Å². The van der Waals surface area contributed by atoms with Crippen LogP contribution in [0.1, 0.15) is 67.4 Å². The van der Waals surface area contributed by atoms with Crippen LogP contribution in [0.4, 0.5) is 0 Å². The van der Waals surface area contributed by atoms with E-state index in [2.05, 4.69) is 53.1 Å². The van der Waals surface area contributed by atoms with Gasteiger partial charge in [-0.15, -0.1) is 5.10 Å². The van der Waals surface area contributed by atoms with Gasteiger partial charge in [-0.2, -0.15) is 4.52 Å². The van der Waals surface area contributed by atoms with Gasteiger partial charge in [0.15, 0.2) is 11.6 Å². The van der Waals surface area contributed by atoms with Crippen LogP contribution in [0, 0.1) is 0 Å². The third-order valence-corrected chi connectivity index (χ3v) is 7.54. The molecule has 0 radical (unpaired) electrons. The first-order valence-electron chi connectivity index (χ1n) is 11.2. The van der Waals surface area contributed by atoms with Gasteiger partial charge in [0.25, 0.3) is 0 Å². The van der Waals surface area contributed by atoms with E-state index in [1.54, 1.807) is 4.52 Å². The number of aryl methyl sites for hydroxylation is 1. The van der Waals surface area contributed by atoms with E-state index in [-0.39, 0.29) is 11.9 Å². The normalized spacial score (nSPS) is 20.3. The Morgan fingerprint density at radius 2 is 1.74 bits per heavy atom. The Labute approximate surface area is 186 Å². The summed E-state index contributed by atoms with van der Waals surface area (Å²) in [6.45, 7) is 9.45. The summed E-state index contributed by atoms with van der Waals surface area (Å²) in [5.74, 6) is 1.00. The highest BCUT2D eigenvalue weighted by Crippen LogP contribution is 2.43. The van der Waals surface area contributed by atoms with E-state index in [0.717, 1.165) is 48.0 Å². The van der Waals surface area contributed by atoms with Gasteiger partial charge in [-0.25, -0.2) is 4.98 Å². The highest BCUT2D eigenvalue weighted by molar-refractivity contribution is 7.17. The molecule has 1 aromatic carbocycles. The van der Waals surface area contributed by atoms with Gasteiger partial charge in [0.2, 0.25) is 10.8 Å². The Morgan fingerprint density at radius 1 is 1.10 bits per heavy atom. The van der Waals surface area contributed by atoms with Gasteiger partial charge in [-0.1, -0.05) is 56.4 Å². The molecule has 2 saturated heterocycles. The molecule has 166 valence electrons. The second-order valence-electron chi connectivity index (χ2n) is 8.73. The maximum absolute atomic E-state index is 11.1. The number of aromatic nitrogens is 3. The predicted octanol–water partition coefficient (Wildman–Crippen LogP) is 4.11. The van der Waals surface area contributed by atoms with Crippen LogP contribution in [0.2, 0.25) is 0 Å². The summed E-state index contributed by atoms with van der Waals surface area (Å²) in [7, 11) is 0. The molecule has 3 aromatic rings. The van der Waals surface area contributed by atoms with Gasteiger partial charge in [0, 0.05) is 32.4 Å². The average molecular weight is 443 g/mol. The van der Waals surface area contributed by atoms with Gasteiger partial charge in [0.1, 0.15) is 0 Å². The molecule has 1 spiro atoms. The Balaban J connectivity index is 1.51. The molecule has 4 heterocycles. The summed E-state index contributed by atoms with van der Waals surface area (Å²) in [6.07, 6.45) is 2.40. The average Bonchev–Trinajstić information content (AvgIpc) is 3.48.